The Labute approximate surface area is 167 Å². The maximum Gasteiger partial charge on any atom is 0.288 e. The van der Waals surface area contributed by atoms with E-state index in [0.29, 0.717) is 6.54 Å². The summed E-state index contributed by atoms with van der Waals surface area (Å²) in [5, 5.41) is 3.73. The van der Waals surface area contributed by atoms with E-state index in [9.17, 15) is 14.0 Å². The van der Waals surface area contributed by atoms with E-state index in [-0.39, 0.29) is 35.4 Å². The maximum atomic E-state index is 13.4. The number of hydrogen-bond acceptors (Lipinski definition) is 4. The van der Waals surface area contributed by atoms with Crippen LogP contribution in [0.2, 0.25) is 0 Å². The zero-order chi connectivity index (χ0) is 20.4. The van der Waals surface area contributed by atoms with Crippen LogP contribution < -0.4 is 5.32 Å². The molecule has 29 heavy (non-hydrogen) atoms. The minimum absolute atomic E-state index is 0.0329. The Morgan fingerprint density at radius 1 is 1.28 bits per heavy atom. The number of halogens is 1. The van der Waals surface area contributed by atoms with Gasteiger partial charge in [0.2, 0.25) is 11.7 Å². The lowest BCUT2D eigenvalue weighted by Crippen LogP contribution is -2.41. The average Bonchev–Trinajstić information content (AvgIpc) is 3.37. The number of hydrogen-bond donors (Lipinski definition) is 2. The average molecular weight is 398 g/mol. The fraction of sp³-hybridized carbons (Fsp3) is 0.381. The highest BCUT2D eigenvalue weighted by molar-refractivity contribution is 5.91. The van der Waals surface area contributed by atoms with E-state index in [1.54, 1.807) is 18.0 Å². The smallest absolute Gasteiger partial charge is 0.288 e. The van der Waals surface area contributed by atoms with Gasteiger partial charge < -0.3 is 19.6 Å². The van der Waals surface area contributed by atoms with Gasteiger partial charge in [-0.3, -0.25) is 9.59 Å². The van der Waals surface area contributed by atoms with E-state index < -0.39 is 0 Å². The number of nitrogens with one attached hydrogen (secondary N) is 2. The summed E-state index contributed by atoms with van der Waals surface area (Å²) in [5.74, 6) is -0.319. The van der Waals surface area contributed by atoms with Crippen molar-refractivity contribution < 1.29 is 18.4 Å². The number of oxazole rings is 1. The van der Waals surface area contributed by atoms with E-state index in [0.717, 1.165) is 42.3 Å². The van der Waals surface area contributed by atoms with Crippen molar-refractivity contribution in [3.05, 3.63) is 54.1 Å². The van der Waals surface area contributed by atoms with Crippen LogP contribution in [0, 0.1) is 11.7 Å². The van der Waals surface area contributed by atoms with Crippen molar-refractivity contribution in [1.29, 1.82) is 0 Å². The highest BCUT2D eigenvalue weighted by atomic mass is 19.1. The zero-order valence-corrected chi connectivity index (χ0v) is 16.2. The monoisotopic (exact) mass is 398 g/mol. The fourth-order valence-corrected chi connectivity index (χ4v) is 3.96. The van der Waals surface area contributed by atoms with Crippen LogP contribution in [0.5, 0.6) is 0 Å². The van der Waals surface area contributed by atoms with Gasteiger partial charge in [0.1, 0.15) is 5.82 Å². The number of benzene rings is 1. The summed E-state index contributed by atoms with van der Waals surface area (Å²) >= 11 is 0. The number of aromatic nitrogens is 2. The first-order chi connectivity index (χ1) is 14.0. The molecule has 0 unspecified atom stereocenters. The third-order valence-corrected chi connectivity index (χ3v) is 5.49. The van der Waals surface area contributed by atoms with Gasteiger partial charge in [0.25, 0.3) is 5.91 Å². The van der Waals surface area contributed by atoms with Gasteiger partial charge >= 0.3 is 0 Å². The molecular weight excluding hydrogens is 375 g/mol. The van der Waals surface area contributed by atoms with Crippen molar-refractivity contribution in [3.8, 4) is 0 Å². The molecular formula is C21H23FN4O3. The van der Waals surface area contributed by atoms with Crippen molar-refractivity contribution in [1.82, 2.24) is 20.2 Å². The van der Waals surface area contributed by atoms with E-state index in [1.165, 1.54) is 24.7 Å². The third-order valence-electron chi connectivity index (χ3n) is 5.49. The first-order valence-electron chi connectivity index (χ1n) is 9.71. The number of fused-ring (bicyclic) bond motifs is 1. The molecule has 0 bridgehead atoms. The van der Waals surface area contributed by atoms with Gasteiger partial charge in [-0.2, -0.15) is 0 Å². The Morgan fingerprint density at radius 2 is 2.07 bits per heavy atom. The van der Waals surface area contributed by atoms with Crippen molar-refractivity contribution in [2.24, 2.45) is 5.92 Å². The van der Waals surface area contributed by atoms with Gasteiger partial charge in [0.05, 0.1) is 12.7 Å². The van der Waals surface area contributed by atoms with Crippen molar-refractivity contribution in [2.45, 2.75) is 38.3 Å². The van der Waals surface area contributed by atoms with Gasteiger partial charge in [-0.1, -0.05) is 0 Å². The minimum atomic E-state index is -0.278. The molecule has 0 spiro atoms. The van der Waals surface area contributed by atoms with Crippen LogP contribution in [0.15, 0.2) is 41.3 Å². The second-order valence-electron chi connectivity index (χ2n) is 7.61. The lowest BCUT2D eigenvalue weighted by atomic mass is 9.85. The van der Waals surface area contributed by atoms with Gasteiger partial charge in [0, 0.05) is 35.6 Å². The molecule has 1 aromatic carbocycles. The van der Waals surface area contributed by atoms with Crippen LogP contribution in [-0.4, -0.2) is 39.8 Å². The number of rotatable bonds is 5. The molecule has 2 aromatic heterocycles. The predicted molar refractivity (Wildman–Crippen MR) is 104 cm³/mol. The summed E-state index contributed by atoms with van der Waals surface area (Å²) in [6.45, 7) is 0.442. The molecule has 1 saturated carbocycles. The third kappa shape index (κ3) is 4.31. The lowest BCUT2D eigenvalue weighted by Gasteiger charge is -2.30. The molecule has 152 valence electrons. The number of aromatic amines is 1. The van der Waals surface area contributed by atoms with Crippen molar-refractivity contribution in [2.75, 3.05) is 7.05 Å². The molecule has 0 radical (unpaired) electrons. The largest absolute Gasteiger partial charge is 0.438 e. The van der Waals surface area contributed by atoms with Crippen LogP contribution in [-0.2, 0) is 11.3 Å². The lowest BCUT2D eigenvalue weighted by molar-refractivity contribution is -0.135. The maximum absolute atomic E-state index is 13.4. The van der Waals surface area contributed by atoms with E-state index in [2.05, 4.69) is 15.3 Å². The summed E-state index contributed by atoms with van der Waals surface area (Å²) in [6.07, 6.45) is 5.55. The van der Waals surface area contributed by atoms with Crippen molar-refractivity contribution >= 4 is 22.7 Å². The first-order valence-corrected chi connectivity index (χ1v) is 9.71. The number of carbonyl (C=O) groups is 2. The summed E-state index contributed by atoms with van der Waals surface area (Å²) in [4.78, 5) is 33.6. The van der Waals surface area contributed by atoms with Crippen LogP contribution in [0.4, 0.5) is 4.39 Å². The molecule has 0 aliphatic heterocycles. The van der Waals surface area contributed by atoms with Crippen LogP contribution >= 0.6 is 0 Å². The second-order valence-corrected chi connectivity index (χ2v) is 7.61. The molecule has 1 fully saturated rings. The molecule has 2 amide bonds. The fourth-order valence-electron chi connectivity index (χ4n) is 3.96. The molecule has 1 aliphatic carbocycles. The Morgan fingerprint density at radius 3 is 2.79 bits per heavy atom. The van der Waals surface area contributed by atoms with Gasteiger partial charge in [-0.25, -0.2) is 9.37 Å². The zero-order valence-electron chi connectivity index (χ0n) is 16.2. The van der Waals surface area contributed by atoms with E-state index in [4.69, 9.17) is 4.42 Å². The standard InChI is InChI=1S/C21H23FN4O3/c1-26(11-17-9-14-8-15(22)4-7-18(14)24-17)21(28)13-2-5-16(6-3-13)25-20(27)19-10-23-12-29-19/h4,7-10,12-13,16,24H,2-3,5-6,11H2,1H3,(H,25,27). The Hall–Kier alpha value is -3.16. The molecule has 8 heteroatoms. The highest BCUT2D eigenvalue weighted by Gasteiger charge is 2.29. The minimum Gasteiger partial charge on any atom is -0.438 e. The molecule has 7 nitrogen and oxygen atoms in total. The Kier molecular flexibility index (Phi) is 5.33. The molecule has 0 saturated heterocycles. The summed E-state index contributed by atoms with van der Waals surface area (Å²) in [7, 11) is 1.78. The van der Waals surface area contributed by atoms with Crippen LogP contribution in [0.3, 0.4) is 0 Å². The molecule has 0 atom stereocenters. The molecule has 4 rings (SSSR count). The Balaban J connectivity index is 1.29. The number of amides is 2. The second kappa shape index (κ2) is 8.06. The Bertz CT molecular complexity index is 1010. The molecule has 2 heterocycles. The molecule has 1 aliphatic rings. The topological polar surface area (TPSA) is 91.2 Å². The number of carbonyl (C=O) groups excluding carboxylic acids is 2. The van der Waals surface area contributed by atoms with E-state index >= 15 is 0 Å². The normalized spacial score (nSPS) is 19.2. The first kappa shape index (κ1) is 19.2. The quantitative estimate of drug-likeness (QED) is 0.690. The van der Waals surface area contributed by atoms with E-state index in [1.807, 2.05) is 6.07 Å². The summed E-state index contributed by atoms with van der Waals surface area (Å²) in [6, 6.07) is 6.50. The van der Waals surface area contributed by atoms with Gasteiger partial charge in [-0.15, -0.1) is 0 Å². The number of nitrogens with zero attached hydrogens (tertiary/aromatic N) is 2. The van der Waals surface area contributed by atoms with Crippen LogP contribution in [0.1, 0.15) is 41.9 Å². The predicted octanol–water partition coefficient (Wildman–Crippen LogP) is 3.24. The van der Waals surface area contributed by atoms with Crippen LogP contribution in [0.25, 0.3) is 10.9 Å². The summed E-state index contributed by atoms with van der Waals surface area (Å²) < 4.78 is 18.4. The van der Waals surface area contributed by atoms with Gasteiger partial charge in [0.15, 0.2) is 6.39 Å². The summed E-state index contributed by atoms with van der Waals surface area (Å²) in [5.41, 5.74) is 1.72. The number of H-pyrrole nitrogens is 1. The van der Waals surface area contributed by atoms with Crippen molar-refractivity contribution in [3.63, 3.8) is 0 Å². The SMILES string of the molecule is CN(Cc1cc2cc(F)ccc2[nH]1)C(=O)C1CCC(NC(=O)c2cnco2)CC1. The molecule has 2 N–H and O–H groups in total. The molecule has 3 aromatic rings. The highest BCUT2D eigenvalue weighted by Crippen LogP contribution is 2.27. The van der Waals surface area contributed by atoms with Gasteiger partial charge in [-0.05, 0) is 49.9 Å².